The topological polar surface area (TPSA) is 69.7 Å². The first-order valence-electron chi connectivity index (χ1n) is 7.62. The van der Waals surface area contributed by atoms with Gasteiger partial charge in [0.15, 0.2) is 0 Å². The molecule has 7 heteroatoms. The summed E-state index contributed by atoms with van der Waals surface area (Å²) in [6.07, 6.45) is -0.0321. The van der Waals surface area contributed by atoms with Gasteiger partial charge in [0.05, 0.1) is 0 Å². The molecule has 130 valence electrons. The van der Waals surface area contributed by atoms with E-state index < -0.39 is 11.9 Å². The SMILES string of the molecule is O=C([O-])[C@@H]1CC(=O)N(c2ccc(OCc3ccc(Cl)cc3Cl)cc2)C1. The maximum Gasteiger partial charge on any atom is 0.227 e. The molecule has 3 rings (SSSR count). The monoisotopic (exact) mass is 378 g/mol. The molecule has 1 fully saturated rings. The molecule has 1 atom stereocenters. The summed E-state index contributed by atoms with van der Waals surface area (Å²) in [5.41, 5.74) is 1.44. The molecule has 1 aliphatic heterocycles. The van der Waals surface area contributed by atoms with Crippen molar-refractivity contribution in [2.75, 3.05) is 11.4 Å². The van der Waals surface area contributed by atoms with Crippen molar-refractivity contribution in [3.8, 4) is 5.75 Å². The van der Waals surface area contributed by atoms with Crippen molar-refractivity contribution < 1.29 is 19.4 Å². The van der Waals surface area contributed by atoms with E-state index in [1.54, 1.807) is 42.5 Å². The number of rotatable bonds is 5. The Morgan fingerprint density at radius 2 is 1.92 bits per heavy atom. The van der Waals surface area contributed by atoms with Crippen LogP contribution in [0.1, 0.15) is 12.0 Å². The summed E-state index contributed by atoms with van der Waals surface area (Å²) < 4.78 is 5.68. The second-order valence-corrected chi connectivity index (χ2v) is 6.59. The fourth-order valence-corrected chi connectivity index (χ4v) is 3.10. The van der Waals surface area contributed by atoms with Gasteiger partial charge >= 0.3 is 0 Å². The Labute approximate surface area is 154 Å². The molecule has 0 unspecified atom stereocenters. The fourth-order valence-electron chi connectivity index (χ4n) is 2.64. The molecule has 1 saturated heterocycles. The molecule has 0 spiro atoms. The Morgan fingerprint density at radius 3 is 2.52 bits per heavy atom. The third-order valence-electron chi connectivity index (χ3n) is 4.02. The van der Waals surface area contributed by atoms with Gasteiger partial charge in [0, 0.05) is 46.1 Å². The van der Waals surface area contributed by atoms with Crippen molar-refractivity contribution in [2.45, 2.75) is 13.0 Å². The number of ether oxygens (including phenoxy) is 1. The molecule has 1 aliphatic rings. The number of hydrogen-bond acceptors (Lipinski definition) is 4. The van der Waals surface area contributed by atoms with Gasteiger partial charge in [-0.25, -0.2) is 0 Å². The van der Waals surface area contributed by atoms with Crippen LogP contribution in [-0.2, 0) is 16.2 Å². The van der Waals surface area contributed by atoms with Crippen LogP contribution in [0, 0.1) is 5.92 Å². The van der Waals surface area contributed by atoms with E-state index in [1.165, 1.54) is 4.90 Å². The number of carboxylic acid groups (broad SMARTS) is 1. The summed E-state index contributed by atoms with van der Waals surface area (Å²) in [4.78, 5) is 24.3. The molecule has 0 saturated carbocycles. The fraction of sp³-hybridized carbons (Fsp3) is 0.222. The van der Waals surface area contributed by atoms with E-state index in [2.05, 4.69) is 0 Å². The van der Waals surface area contributed by atoms with E-state index in [-0.39, 0.29) is 25.5 Å². The molecule has 5 nitrogen and oxygen atoms in total. The molecule has 1 heterocycles. The second kappa shape index (κ2) is 7.33. The van der Waals surface area contributed by atoms with Crippen LogP contribution in [0.15, 0.2) is 42.5 Å². The summed E-state index contributed by atoms with van der Waals surface area (Å²) in [6.45, 7) is 0.409. The minimum atomic E-state index is -1.20. The highest BCUT2D eigenvalue weighted by Gasteiger charge is 2.31. The molecule has 0 N–H and O–H groups in total. The smallest absolute Gasteiger partial charge is 0.227 e. The number of anilines is 1. The zero-order chi connectivity index (χ0) is 18.0. The Balaban J connectivity index is 1.64. The first-order valence-corrected chi connectivity index (χ1v) is 8.37. The van der Waals surface area contributed by atoms with Crippen molar-refractivity contribution in [1.82, 2.24) is 0 Å². The lowest BCUT2D eigenvalue weighted by molar-refractivity contribution is -0.310. The van der Waals surface area contributed by atoms with Gasteiger partial charge < -0.3 is 19.5 Å². The van der Waals surface area contributed by atoms with E-state index in [0.29, 0.717) is 21.5 Å². The first-order chi connectivity index (χ1) is 11.9. The Bertz CT molecular complexity index is 807. The second-order valence-electron chi connectivity index (χ2n) is 5.74. The third kappa shape index (κ3) is 4.06. The van der Waals surface area contributed by atoms with Gasteiger partial charge in [-0.05, 0) is 36.4 Å². The number of carbonyl (C=O) groups is 2. The molecule has 0 aliphatic carbocycles. The number of hydrogen-bond donors (Lipinski definition) is 0. The van der Waals surface area contributed by atoms with Crippen LogP contribution in [0.25, 0.3) is 0 Å². The van der Waals surface area contributed by atoms with Crippen molar-refractivity contribution in [1.29, 1.82) is 0 Å². The normalized spacial score (nSPS) is 17.0. The van der Waals surface area contributed by atoms with E-state index in [1.807, 2.05) is 0 Å². The molecule has 0 radical (unpaired) electrons. The summed E-state index contributed by atoms with van der Waals surface area (Å²) >= 11 is 12.0. The number of halogens is 2. The molecule has 1 amide bonds. The molecule has 2 aromatic carbocycles. The number of benzene rings is 2. The lowest BCUT2D eigenvalue weighted by Gasteiger charge is -2.17. The van der Waals surface area contributed by atoms with E-state index >= 15 is 0 Å². The van der Waals surface area contributed by atoms with E-state index in [9.17, 15) is 14.7 Å². The molecule has 25 heavy (non-hydrogen) atoms. The average Bonchev–Trinajstić information content (AvgIpc) is 2.97. The van der Waals surface area contributed by atoms with Crippen LogP contribution in [0.4, 0.5) is 5.69 Å². The molecule has 0 bridgehead atoms. The predicted octanol–water partition coefficient (Wildman–Crippen LogP) is 2.68. The largest absolute Gasteiger partial charge is 0.550 e. The molecule has 0 aromatic heterocycles. The Hall–Kier alpha value is -2.24. The van der Waals surface area contributed by atoms with Crippen LogP contribution in [0.2, 0.25) is 10.0 Å². The van der Waals surface area contributed by atoms with Gasteiger partial charge in [0.2, 0.25) is 5.91 Å². The summed E-state index contributed by atoms with van der Waals surface area (Å²) in [5, 5.41) is 12.0. The van der Waals surface area contributed by atoms with Gasteiger partial charge in [0.25, 0.3) is 0 Å². The quantitative estimate of drug-likeness (QED) is 0.801. The van der Waals surface area contributed by atoms with Crippen molar-refractivity contribution in [3.05, 3.63) is 58.1 Å². The average molecular weight is 379 g/mol. The van der Waals surface area contributed by atoms with Gasteiger partial charge in [-0.1, -0.05) is 29.3 Å². The van der Waals surface area contributed by atoms with E-state index in [4.69, 9.17) is 27.9 Å². The van der Waals surface area contributed by atoms with Gasteiger partial charge in [0.1, 0.15) is 12.4 Å². The highest BCUT2D eigenvalue weighted by atomic mass is 35.5. The lowest BCUT2D eigenvalue weighted by Crippen LogP contribution is -2.33. The Morgan fingerprint density at radius 1 is 1.20 bits per heavy atom. The third-order valence-corrected chi connectivity index (χ3v) is 4.60. The number of carbonyl (C=O) groups excluding carboxylic acids is 2. The van der Waals surface area contributed by atoms with Gasteiger partial charge in [-0.15, -0.1) is 0 Å². The lowest BCUT2D eigenvalue weighted by atomic mass is 10.1. The summed E-state index contributed by atoms with van der Waals surface area (Å²) in [6, 6.07) is 12.1. The number of amides is 1. The highest BCUT2D eigenvalue weighted by Crippen LogP contribution is 2.27. The van der Waals surface area contributed by atoms with Gasteiger partial charge in [-0.2, -0.15) is 0 Å². The zero-order valence-corrected chi connectivity index (χ0v) is 14.6. The van der Waals surface area contributed by atoms with Crippen molar-refractivity contribution in [2.24, 2.45) is 5.92 Å². The molecule has 2 aromatic rings. The number of aliphatic carboxylic acids is 1. The zero-order valence-electron chi connectivity index (χ0n) is 13.1. The maximum atomic E-state index is 11.9. The minimum Gasteiger partial charge on any atom is -0.550 e. The number of nitrogens with zero attached hydrogens (tertiary/aromatic N) is 1. The molecular formula is C18H14Cl2NO4-. The predicted molar refractivity (Wildman–Crippen MR) is 92.7 cm³/mol. The van der Waals surface area contributed by atoms with Crippen LogP contribution in [0.5, 0.6) is 5.75 Å². The molecular weight excluding hydrogens is 365 g/mol. The Kier molecular flexibility index (Phi) is 5.16. The van der Waals surface area contributed by atoms with Crippen LogP contribution < -0.4 is 14.7 Å². The highest BCUT2D eigenvalue weighted by molar-refractivity contribution is 6.35. The van der Waals surface area contributed by atoms with Gasteiger partial charge in [-0.3, -0.25) is 4.79 Å². The van der Waals surface area contributed by atoms with Crippen molar-refractivity contribution >= 4 is 40.8 Å². The maximum absolute atomic E-state index is 11.9. The van der Waals surface area contributed by atoms with E-state index in [0.717, 1.165) is 5.56 Å². The number of carboxylic acids is 1. The summed E-state index contributed by atoms with van der Waals surface area (Å²) in [7, 11) is 0. The standard InChI is InChI=1S/C18H15Cl2NO4/c19-13-2-1-11(16(20)8-13)10-25-15-5-3-14(4-6-15)21-9-12(18(23)24)7-17(21)22/h1-6,8,12H,7,9-10H2,(H,23,24)/p-1/t12-/m1/s1. The van der Waals surface area contributed by atoms with Crippen LogP contribution >= 0.6 is 23.2 Å². The van der Waals surface area contributed by atoms with Crippen LogP contribution in [0.3, 0.4) is 0 Å². The van der Waals surface area contributed by atoms with Crippen LogP contribution in [-0.4, -0.2) is 18.4 Å². The first kappa shape index (κ1) is 17.6. The summed E-state index contributed by atoms with van der Waals surface area (Å²) in [5.74, 6) is -1.58. The van der Waals surface area contributed by atoms with Crippen molar-refractivity contribution in [3.63, 3.8) is 0 Å². The minimum absolute atomic E-state index is 0.0321.